The summed E-state index contributed by atoms with van der Waals surface area (Å²) in [6.45, 7) is 1.43. The summed E-state index contributed by atoms with van der Waals surface area (Å²) in [5.41, 5.74) is 1.32. The van der Waals surface area contributed by atoms with Crippen LogP contribution in [0.15, 0.2) is 60.7 Å². The van der Waals surface area contributed by atoms with Crippen LogP contribution in [0, 0.1) is 0 Å². The minimum atomic E-state index is -0.550. The number of nitrogens with one attached hydrogen (secondary N) is 1. The van der Waals surface area contributed by atoms with Crippen molar-refractivity contribution in [2.75, 3.05) is 0 Å². The molecule has 0 aliphatic rings. The summed E-state index contributed by atoms with van der Waals surface area (Å²) in [6, 6.07) is 17.2. The first-order valence-corrected chi connectivity index (χ1v) is 7.33. The fourth-order valence-electron chi connectivity index (χ4n) is 2.82. The summed E-state index contributed by atoms with van der Waals surface area (Å²) in [7, 11) is 0. The highest BCUT2D eigenvalue weighted by atomic mass is 16.3. The third kappa shape index (κ3) is 2.97. The SMILES string of the molecule is CC(=O)NC(c1cccc(O)c1)c1c(O)ccc2ccccc12. The van der Waals surface area contributed by atoms with Crippen molar-refractivity contribution in [3.05, 3.63) is 71.8 Å². The molecule has 0 bridgehead atoms. The molecule has 0 aliphatic carbocycles. The van der Waals surface area contributed by atoms with Gasteiger partial charge in [0.25, 0.3) is 0 Å². The Balaban J connectivity index is 2.25. The van der Waals surface area contributed by atoms with Gasteiger partial charge in [-0.1, -0.05) is 42.5 Å². The standard InChI is InChI=1S/C19H17NO3/c1-12(21)20-19(14-6-4-7-15(22)11-14)18-16-8-3-2-5-13(16)9-10-17(18)23/h2-11,19,22-23H,1H3,(H,20,21). The average molecular weight is 307 g/mol. The zero-order valence-electron chi connectivity index (χ0n) is 12.7. The second kappa shape index (κ2) is 6.01. The van der Waals surface area contributed by atoms with Gasteiger partial charge in [0.15, 0.2) is 0 Å². The van der Waals surface area contributed by atoms with Crippen LogP contribution in [0.3, 0.4) is 0 Å². The zero-order chi connectivity index (χ0) is 16.4. The number of hydrogen-bond donors (Lipinski definition) is 3. The number of amides is 1. The van der Waals surface area contributed by atoms with Gasteiger partial charge in [0.2, 0.25) is 5.91 Å². The van der Waals surface area contributed by atoms with Crippen LogP contribution in [0.25, 0.3) is 10.8 Å². The molecule has 0 aliphatic heterocycles. The van der Waals surface area contributed by atoms with E-state index in [1.807, 2.05) is 36.4 Å². The highest BCUT2D eigenvalue weighted by molar-refractivity contribution is 5.89. The van der Waals surface area contributed by atoms with Gasteiger partial charge in [0.05, 0.1) is 6.04 Å². The van der Waals surface area contributed by atoms with Crippen LogP contribution in [0.4, 0.5) is 0 Å². The highest BCUT2D eigenvalue weighted by Gasteiger charge is 2.21. The molecule has 23 heavy (non-hydrogen) atoms. The summed E-state index contributed by atoms with van der Waals surface area (Å²) >= 11 is 0. The third-order valence-corrected chi connectivity index (χ3v) is 3.79. The van der Waals surface area contributed by atoms with E-state index >= 15 is 0 Å². The lowest BCUT2D eigenvalue weighted by molar-refractivity contribution is -0.119. The number of hydrogen-bond acceptors (Lipinski definition) is 3. The molecule has 3 N–H and O–H groups in total. The van der Waals surface area contributed by atoms with Crippen molar-refractivity contribution in [2.45, 2.75) is 13.0 Å². The van der Waals surface area contributed by atoms with Gasteiger partial charge in [0, 0.05) is 12.5 Å². The molecule has 3 aromatic rings. The van der Waals surface area contributed by atoms with Gasteiger partial charge in [0.1, 0.15) is 11.5 Å². The average Bonchev–Trinajstić information content (AvgIpc) is 2.53. The predicted molar refractivity (Wildman–Crippen MR) is 89.4 cm³/mol. The Labute approximate surface area is 134 Å². The summed E-state index contributed by atoms with van der Waals surface area (Å²) in [6.07, 6.45) is 0. The molecule has 1 amide bonds. The first-order valence-electron chi connectivity index (χ1n) is 7.33. The topological polar surface area (TPSA) is 69.6 Å². The molecular weight excluding hydrogens is 290 g/mol. The third-order valence-electron chi connectivity index (χ3n) is 3.79. The number of carbonyl (C=O) groups excluding carboxylic acids is 1. The monoisotopic (exact) mass is 307 g/mol. The molecule has 0 radical (unpaired) electrons. The summed E-state index contributed by atoms with van der Waals surface area (Å²) in [5, 5.41) is 24.8. The summed E-state index contributed by atoms with van der Waals surface area (Å²) in [4.78, 5) is 11.7. The lowest BCUT2D eigenvalue weighted by Gasteiger charge is -2.22. The molecule has 0 spiro atoms. The molecule has 0 saturated carbocycles. The number of aromatic hydroxyl groups is 2. The zero-order valence-corrected chi connectivity index (χ0v) is 12.7. The van der Waals surface area contributed by atoms with Crippen LogP contribution in [0.5, 0.6) is 11.5 Å². The molecule has 0 heterocycles. The maximum absolute atomic E-state index is 11.7. The van der Waals surface area contributed by atoms with Crippen molar-refractivity contribution in [3.8, 4) is 11.5 Å². The van der Waals surface area contributed by atoms with Crippen molar-refractivity contribution in [1.82, 2.24) is 5.32 Å². The van der Waals surface area contributed by atoms with E-state index < -0.39 is 6.04 Å². The molecule has 0 saturated heterocycles. The Bertz CT molecular complexity index is 873. The normalized spacial score (nSPS) is 12.0. The number of rotatable bonds is 3. The Morgan fingerprint density at radius 3 is 2.52 bits per heavy atom. The van der Waals surface area contributed by atoms with Crippen LogP contribution in [-0.4, -0.2) is 16.1 Å². The minimum absolute atomic E-state index is 0.103. The van der Waals surface area contributed by atoms with Gasteiger partial charge in [-0.05, 0) is 34.5 Å². The quantitative estimate of drug-likeness (QED) is 0.694. The maximum Gasteiger partial charge on any atom is 0.217 e. The van der Waals surface area contributed by atoms with E-state index in [2.05, 4.69) is 5.32 Å². The number of fused-ring (bicyclic) bond motifs is 1. The van der Waals surface area contributed by atoms with Gasteiger partial charge < -0.3 is 15.5 Å². The van der Waals surface area contributed by atoms with E-state index in [4.69, 9.17) is 0 Å². The van der Waals surface area contributed by atoms with Gasteiger partial charge in [-0.15, -0.1) is 0 Å². The molecule has 0 fully saturated rings. The lowest BCUT2D eigenvalue weighted by Crippen LogP contribution is -2.27. The van der Waals surface area contributed by atoms with E-state index in [0.29, 0.717) is 11.1 Å². The lowest BCUT2D eigenvalue weighted by atomic mass is 9.92. The largest absolute Gasteiger partial charge is 0.508 e. The number of carbonyl (C=O) groups is 1. The Morgan fingerprint density at radius 1 is 1.00 bits per heavy atom. The Morgan fingerprint density at radius 2 is 1.78 bits per heavy atom. The number of benzene rings is 3. The highest BCUT2D eigenvalue weighted by Crippen LogP contribution is 2.36. The van der Waals surface area contributed by atoms with Gasteiger partial charge in [-0.2, -0.15) is 0 Å². The Kier molecular flexibility index (Phi) is 3.89. The van der Waals surface area contributed by atoms with Crippen LogP contribution >= 0.6 is 0 Å². The van der Waals surface area contributed by atoms with E-state index in [1.165, 1.54) is 6.92 Å². The fraction of sp³-hybridized carbons (Fsp3) is 0.105. The summed E-state index contributed by atoms with van der Waals surface area (Å²) < 4.78 is 0. The molecule has 0 aromatic heterocycles. The first-order chi connectivity index (χ1) is 11.1. The van der Waals surface area contributed by atoms with E-state index in [1.54, 1.807) is 24.3 Å². The molecule has 3 aromatic carbocycles. The Hall–Kier alpha value is -3.01. The molecule has 116 valence electrons. The smallest absolute Gasteiger partial charge is 0.217 e. The molecule has 1 atom stereocenters. The van der Waals surface area contributed by atoms with Crippen LogP contribution < -0.4 is 5.32 Å². The molecule has 4 heteroatoms. The maximum atomic E-state index is 11.7. The molecular formula is C19H17NO3. The van der Waals surface area contributed by atoms with Gasteiger partial charge >= 0.3 is 0 Å². The van der Waals surface area contributed by atoms with Crippen molar-refractivity contribution in [3.63, 3.8) is 0 Å². The van der Waals surface area contributed by atoms with E-state index in [9.17, 15) is 15.0 Å². The van der Waals surface area contributed by atoms with Crippen LogP contribution in [0.2, 0.25) is 0 Å². The first kappa shape index (κ1) is 14.9. The van der Waals surface area contributed by atoms with E-state index in [-0.39, 0.29) is 17.4 Å². The van der Waals surface area contributed by atoms with E-state index in [0.717, 1.165) is 10.8 Å². The van der Waals surface area contributed by atoms with Crippen LogP contribution in [0.1, 0.15) is 24.1 Å². The predicted octanol–water partition coefficient (Wildman–Crippen LogP) is 3.48. The van der Waals surface area contributed by atoms with Crippen molar-refractivity contribution in [2.24, 2.45) is 0 Å². The molecule has 1 unspecified atom stereocenters. The van der Waals surface area contributed by atoms with Gasteiger partial charge in [-0.3, -0.25) is 4.79 Å². The van der Waals surface area contributed by atoms with Crippen molar-refractivity contribution < 1.29 is 15.0 Å². The van der Waals surface area contributed by atoms with Crippen LogP contribution in [-0.2, 0) is 4.79 Å². The van der Waals surface area contributed by atoms with Crippen molar-refractivity contribution in [1.29, 1.82) is 0 Å². The summed E-state index contributed by atoms with van der Waals surface area (Å²) in [5.74, 6) is -0.00551. The van der Waals surface area contributed by atoms with Crippen molar-refractivity contribution >= 4 is 16.7 Å². The number of phenolic OH excluding ortho intramolecular Hbond substituents is 2. The van der Waals surface area contributed by atoms with Gasteiger partial charge in [-0.25, -0.2) is 0 Å². The second-order valence-corrected chi connectivity index (χ2v) is 5.45. The molecule has 3 rings (SSSR count). The molecule has 4 nitrogen and oxygen atoms in total. The fourth-order valence-corrected chi connectivity index (χ4v) is 2.82. The second-order valence-electron chi connectivity index (χ2n) is 5.45. The number of phenols is 2. The minimum Gasteiger partial charge on any atom is -0.508 e.